The van der Waals surface area contributed by atoms with Gasteiger partial charge in [0.2, 0.25) is 0 Å². The first-order chi connectivity index (χ1) is 8.84. The van der Waals surface area contributed by atoms with Crippen molar-refractivity contribution in [1.29, 1.82) is 0 Å². The van der Waals surface area contributed by atoms with E-state index in [1.165, 1.54) is 21.9 Å². The third-order valence-corrected chi connectivity index (χ3v) is 4.37. The van der Waals surface area contributed by atoms with Crippen LogP contribution in [0.2, 0.25) is 0 Å². The second-order valence-electron chi connectivity index (χ2n) is 5.29. The largest absolute Gasteiger partial charge is 0.299 e. The van der Waals surface area contributed by atoms with Gasteiger partial charge in [0.25, 0.3) is 0 Å². The molecule has 0 spiro atoms. The fourth-order valence-electron chi connectivity index (χ4n) is 3.47. The van der Waals surface area contributed by atoms with Crippen LogP contribution < -0.4 is 0 Å². The van der Waals surface area contributed by atoms with E-state index in [0.29, 0.717) is 18.1 Å². The number of carbonyl (C=O) groups is 1. The number of ketones is 1. The molecule has 88 valence electrons. The van der Waals surface area contributed by atoms with E-state index < -0.39 is 0 Å². The van der Waals surface area contributed by atoms with Gasteiger partial charge in [-0.1, -0.05) is 48.6 Å². The van der Waals surface area contributed by atoms with Gasteiger partial charge in [0.15, 0.2) is 0 Å². The molecule has 2 aliphatic carbocycles. The number of allylic oxidation sites excluding steroid dienone is 2. The fourth-order valence-corrected chi connectivity index (χ4v) is 3.47. The lowest BCUT2D eigenvalue weighted by atomic mass is 9.74. The zero-order valence-corrected chi connectivity index (χ0v) is 10.1. The van der Waals surface area contributed by atoms with Crippen molar-refractivity contribution in [3.63, 3.8) is 0 Å². The number of hydrogen-bond acceptors (Lipinski definition) is 1. The van der Waals surface area contributed by atoms with Gasteiger partial charge in [-0.25, -0.2) is 0 Å². The molecule has 0 bridgehead atoms. The maximum Gasteiger partial charge on any atom is 0.141 e. The van der Waals surface area contributed by atoms with Crippen LogP contribution in [0.5, 0.6) is 0 Å². The van der Waals surface area contributed by atoms with Gasteiger partial charge in [0.1, 0.15) is 5.78 Å². The van der Waals surface area contributed by atoms with Gasteiger partial charge < -0.3 is 0 Å². The van der Waals surface area contributed by atoms with Crippen LogP contribution in [0.25, 0.3) is 10.8 Å². The van der Waals surface area contributed by atoms with Gasteiger partial charge in [0.05, 0.1) is 0 Å². The fraction of sp³-hybridized carbons (Fsp3) is 0.235. The van der Waals surface area contributed by atoms with Crippen LogP contribution in [0.1, 0.15) is 23.5 Å². The summed E-state index contributed by atoms with van der Waals surface area (Å²) in [5, 5.41) is 2.49. The second kappa shape index (κ2) is 3.55. The average Bonchev–Trinajstić information content (AvgIpc) is 2.89. The Morgan fingerprint density at radius 1 is 1.06 bits per heavy atom. The van der Waals surface area contributed by atoms with E-state index in [4.69, 9.17) is 0 Å². The van der Waals surface area contributed by atoms with Gasteiger partial charge in [0, 0.05) is 18.3 Å². The van der Waals surface area contributed by atoms with Crippen molar-refractivity contribution in [3.05, 3.63) is 59.7 Å². The van der Waals surface area contributed by atoms with Crippen molar-refractivity contribution in [2.45, 2.75) is 18.8 Å². The third-order valence-electron chi connectivity index (χ3n) is 4.37. The zero-order chi connectivity index (χ0) is 12.1. The summed E-state index contributed by atoms with van der Waals surface area (Å²) in [5.74, 6) is 0.943. The zero-order valence-electron chi connectivity index (χ0n) is 10.1. The number of rotatable bonds is 0. The van der Waals surface area contributed by atoms with Crippen LogP contribution in [0.3, 0.4) is 0 Å². The third kappa shape index (κ3) is 1.25. The summed E-state index contributed by atoms with van der Waals surface area (Å²) in [7, 11) is 0. The van der Waals surface area contributed by atoms with E-state index in [1.807, 2.05) is 0 Å². The average molecular weight is 234 g/mol. The number of hydrogen-bond donors (Lipinski definition) is 0. The van der Waals surface area contributed by atoms with Gasteiger partial charge in [-0.05, 0) is 28.3 Å². The minimum Gasteiger partial charge on any atom is -0.299 e. The topological polar surface area (TPSA) is 17.1 Å². The Morgan fingerprint density at radius 2 is 1.94 bits per heavy atom. The Morgan fingerprint density at radius 3 is 2.89 bits per heavy atom. The van der Waals surface area contributed by atoms with E-state index in [-0.39, 0.29) is 5.92 Å². The van der Waals surface area contributed by atoms with Crippen molar-refractivity contribution in [2.75, 3.05) is 0 Å². The van der Waals surface area contributed by atoms with Crippen molar-refractivity contribution in [2.24, 2.45) is 5.92 Å². The van der Waals surface area contributed by atoms with E-state index in [9.17, 15) is 4.79 Å². The van der Waals surface area contributed by atoms with Crippen LogP contribution in [-0.4, -0.2) is 5.78 Å². The van der Waals surface area contributed by atoms with E-state index >= 15 is 0 Å². The molecule has 2 aromatic rings. The molecule has 0 amide bonds. The molecule has 2 aliphatic rings. The van der Waals surface area contributed by atoms with Crippen LogP contribution in [-0.2, 0) is 11.2 Å². The highest BCUT2D eigenvalue weighted by atomic mass is 16.1. The lowest BCUT2D eigenvalue weighted by molar-refractivity contribution is -0.122. The molecule has 0 unspecified atom stereocenters. The molecule has 2 atom stereocenters. The predicted molar refractivity (Wildman–Crippen MR) is 72.6 cm³/mol. The molecule has 0 aromatic heterocycles. The van der Waals surface area contributed by atoms with Crippen LogP contribution >= 0.6 is 0 Å². The lowest BCUT2D eigenvalue weighted by Gasteiger charge is -2.28. The second-order valence-corrected chi connectivity index (χ2v) is 5.29. The van der Waals surface area contributed by atoms with Gasteiger partial charge >= 0.3 is 0 Å². The Hall–Kier alpha value is -1.89. The molecular weight excluding hydrogens is 220 g/mol. The van der Waals surface area contributed by atoms with Gasteiger partial charge in [-0.2, -0.15) is 0 Å². The maximum absolute atomic E-state index is 12.2. The molecule has 1 nitrogen and oxygen atoms in total. The molecule has 0 saturated carbocycles. The molecule has 2 aromatic carbocycles. The summed E-state index contributed by atoms with van der Waals surface area (Å²) < 4.78 is 0. The van der Waals surface area contributed by atoms with Crippen molar-refractivity contribution >= 4 is 16.6 Å². The first-order valence-electron chi connectivity index (χ1n) is 6.54. The molecule has 0 radical (unpaired) electrons. The molecule has 1 heteroatoms. The highest BCUT2D eigenvalue weighted by Gasteiger charge is 2.36. The summed E-state index contributed by atoms with van der Waals surface area (Å²) >= 11 is 0. The molecular formula is C17H14O. The molecule has 4 rings (SSSR count). The molecule has 0 N–H and O–H groups in total. The van der Waals surface area contributed by atoms with Crippen LogP contribution in [0.15, 0.2) is 48.6 Å². The van der Waals surface area contributed by atoms with E-state index in [0.717, 1.165) is 6.42 Å². The Balaban J connectivity index is 2.02. The maximum atomic E-state index is 12.2. The summed E-state index contributed by atoms with van der Waals surface area (Å²) in [4.78, 5) is 12.2. The molecule has 0 fully saturated rings. The van der Waals surface area contributed by atoms with Gasteiger partial charge in [-0.15, -0.1) is 0 Å². The number of carbonyl (C=O) groups excluding carboxylic acids is 1. The van der Waals surface area contributed by atoms with Crippen LogP contribution in [0.4, 0.5) is 0 Å². The minimum absolute atomic E-state index is 0.207. The van der Waals surface area contributed by atoms with Crippen LogP contribution in [0, 0.1) is 5.92 Å². The molecule has 0 heterocycles. The predicted octanol–water partition coefficient (Wildman–Crippen LogP) is 3.62. The number of fused-ring (bicyclic) bond motifs is 5. The number of benzene rings is 2. The highest BCUT2D eigenvalue weighted by molar-refractivity contribution is 5.95. The standard InChI is InChI=1S/C17H14O/c18-17-10-16-12-5-2-1-4-11(12)8-9-14(16)13-6-3-7-15(13)17/h1-6,8-9,13,15H,7,10H2/t13-,15-/m1/s1. The quantitative estimate of drug-likeness (QED) is 0.636. The van der Waals surface area contributed by atoms with Crippen molar-refractivity contribution in [1.82, 2.24) is 0 Å². The van der Waals surface area contributed by atoms with Crippen molar-refractivity contribution < 1.29 is 4.79 Å². The molecule has 0 aliphatic heterocycles. The minimum atomic E-state index is 0.207. The number of Topliss-reactive ketones (excluding diaryl/α,β-unsaturated/α-hetero) is 1. The lowest BCUT2D eigenvalue weighted by Crippen LogP contribution is -2.26. The van der Waals surface area contributed by atoms with Gasteiger partial charge in [-0.3, -0.25) is 4.79 Å². The first-order valence-corrected chi connectivity index (χ1v) is 6.54. The summed E-state index contributed by atoms with van der Waals surface area (Å²) in [5.41, 5.74) is 2.62. The summed E-state index contributed by atoms with van der Waals surface area (Å²) in [6.07, 6.45) is 5.92. The summed E-state index contributed by atoms with van der Waals surface area (Å²) in [6, 6.07) is 12.8. The SMILES string of the molecule is O=C1Cc2c(ccc3ccccc23)[C@H]2C=CC[C@@H]12. The van der Waals surface area contributed by atoms with E-state index in [2.05, 4.69) is 48.6 Å². The normalized spacial score (nSPS) is 25.2. The summed E-state index contributed by atoms with van der Waals surface area (Å²) in [6.45, 7) is 0. The molecule has 18 heavy (non-hydrogen) atoms. The van der Waals surface area contributed by atoms with E-state index in [1.54, 1.807) is 0 Å². The Kier molecular flexibility index (Phi) is 1.99. The van der Waals surface area contributed by atoms with Crippen molar-refractivity contribution in [3.8, 4) is 0 Å². The molecule has 0 saturated heterocycles. The highest BCUT2D eigenvalue weighted by Crippen LogP contribution is 2.43. The first kappa shape index (κ1) is 10.1. The monoisotopic (exact) mass is 234 g/mol. The Labute approximate surface area is 106 Å². The Bertz CT molecular complexity index is 681. The smallest absolute Gasteiger partial charge is 0.141 e.